The van der Waals surface area contributed by atoms with Crippen molar-refractivity contribution in [3.8, 4) is 0 Å². The van der Waals surface area contributed by atoms with Gasteiger partial charge in [0.25, 0.3) is 0 Å². The summed E-state index contributed by atoms with van der Waals surface area (Å²) < 4.78 is 0. The summed E-state index contributed by atoms with van der Waals surface area (Å²) in [5.74, 6) is 0.271. The molecule has 2 saturated heterocycles. The highest BCUT2D eigenvalue weighted by atomic mass is 16.1. The number of H-pyrrole nitrogens is 1. The fraction of sp³-hybridized carbons (Fsp3) is 0.571. The van der Waals surface area contributed by atoms with E-state index in [4.69, 9.17) is 0 Å². The number of pyridine rings is 1. The molecular formula is C21H30N6O. The third kappa shape index (κ3) is 4.97. The SMILES string of the molecule is O=C(NCc1ccccn1)C1CCCN(C2CCN(Cc3cnc[nH]3)CC2)C1. The number of piperidine rings is 2. The molecule has 7 nitrogen and oxygen atoms in total. The van der Waals surface area contributed by atoms with Crippen LogP contribution in [0.4, 0.5) is 0 Å². The molecule has 2 N–H and O–H groups in total. The number of aromatic amines is 1. The highest BCUT2D eigenvalue weighted by Gasteiger charge is 2.31. The molecule has 2 aromatic heterocycles. The number of imidazole rings is 1. The molecule has 4 rings (SSSR count). The average molecular weight is 383 g/mol. The summed E-state index contributed by atoms with van der Waals surface area (Å²) >= 11 is 0. The zero-order valence-corrected chi connectivity index (χ0v) is 16.4. The molecule has 2 aliphatic heterocycles. The minimum Gasteiger partial charge on any atom is -0.350 e. The molecule has 0 aliphatic carbocycles. The van der Waals surface area contributed by atoms with Gasteiger partial charge in [-0.25, -0.2) is 4.98 Å². The third-order valence-corrected chi connectivity index (χ3v) is 6.02. The Bertz CT molecular complexity index is 727. The van der Waals surface area contributed by atoms with E-state index in [9.17, 15) is 4.79 Å². The zero-order valence-electron chi connectivity index (χ0n) is 16.4. The Labute approximate surface area is 166 Å². The molecule has 0 spiro atoms. The zero-order chi connectivity index (χ0) is 19.2. The van der Waals surface area contributed by atoms with Crippen molar-refractivity contribution in [3.05, 3.63) is 48.3 Å². The first-order valence-electron chi connectivity index (χ1n) is 10.4. The third-order valence-electron chi connectivity index (χ3n) is 6.02. The van der Waals surface area contributed by atoms with E-state index in [-0.39, 0.29) is 11.8 Å². The number of nitrogens with one attached hydrogen (secondary N) is 2. The van der Waals surface area contributed by atoms with Crippen molar-refractivity contribution in [2.75, 3.05) is 26.2 Å². The maximum Gasteiger partial charge on any atom is 0.224 e. The number of carbonyl (C=O) groups is 1. The molecule has 7 heteroatoms. The molecule has 2 aromatic rings. The summed E-state index contributed by atoms with van der Waals surface area (Å²) in [5.41, 5.74) is 2.09. The molecule has 2 aliphatic rings. The first-order chi connectivity index (χ1) is 13.8. The van der Waals surface area contributed by atoms with Crippen LogP contribution in [-0.2, 0) is 17.9 Å². The summed E-state index contributed by atoms with van der Waals surface area (Å²) in [7, 11) is 0. The van der Waals surface area contributed by atoms with Crippen LogP contribution in [-0.4, -0.2) is 62.9 Å². The molecule has 1 unspecified atom stereocenters. The van der Waals surface area contributed by atoms with E-state index >= 15 is 0 Å². The maximum atomic E-state index is 12.6. The molecule has 0 saturated carbocycles. The smallest absolute Gasteiger partial charge is 0.224 e. The highest BCUT2D eigenvalue weighted by Crippen LogP contribution is 2.24. The molecule has 0 aromatic carbocycles. The molecule has 4 heterocycles. The van der Waals surface area contributed by atoms with Crippen molar-refractivity contribution in [3.63, 3.8) is 0 Å². The Morgan fingerprint density at radius 1 is 1.21 bits per heavy atom. The lowest BCUT2D eigenvalue weighted by Gasteiger charge is -2.42. The van der Waals surface area contributed by atoms with Crippen molar-refractivity contribution in [1.82, 2.24) is 30.1 Å². The molecule has 150 valence electrons. The summed E-state index contributed by atoms with van der Waals surface area (Å²) in [6.45, 7) is 5.69. The standard InChI is InChI=1S/C21H30N6O/c28-21(24-13-18-5-1-2-8-23-18)17-4-3-9-27(14-17)20-6-10-26(11-7-20)15-19-12-22-16-25-19/h1-2,5,8,12,16-17,20H,3-4,6-7,9-11,13-15H2,(H,22,25)(H,24,28). The quantitative estimate of drug-likeness (QED) is 0.797. The van der Waals surface area contributed by atoms with Crippen molar-refractivity contribution in [2.45, 2.75) is 44.8 Å². The second kappa shape index (κ2) is 9.30. The first-order valence-corrected chi connectivity index (χ1v) is 10.4. The number of nitrogens with zero attached hydrogens (tertiary/aromatic N) is 4. The second-order valence-corrected chi connectivity index (χ2v) is 7.96. The van der Waals surface area contributed by atoms with Crippen LogP contribution in [0.5, 0.6) is 0 Å². The first kappa shape index (κ1) is 19.1. The van der Waals surface area contributed by atoms with Gasteiger partial charge >= 0.3 is 0 Å². The van der Waals surface area contributed by atoms with Gasteiger partial charge in [0.2, 0.25) is 5.91 Å². The number of rotatable bonds is 6. The Morgan fingerprint density at radius 2 is 2.11 bits per heavy atom. The Morgan fingerprint density at radius 3 is 2.86 bits per heavy atom. The van der Waals surface area contributed by atoms with E-state index in [1.807, 2.05) is 24.4 Å². The van der Waals surface area contributed by atoms with Crippen molar-refractivity contribution in [1.29, 1.82) is 0 Å². The van der Waals surface area contributed by atoms with Gasteiger partial charge in [0.1, 0.15) is 0 Å². The van der Waals surface area contributed by atoms with Gasteiger partial charge in [0.15, 0.2) is 0 Å². The number of aromatic nitrogens is 3. The monoisotopic (exact) mass is 382 g/mol. The number of likely N-dealkylation sites (tertiary alicyclic amines) is 2. The summed E-state index contributed by atoms with van der Waals surface area (Å²) in [6, 6.07) is 6.40. The van der Waals surface area contributed by atoms with E-state index in [1.54, 1.807) is 12.5 Å². The van der Waals surface area contributed by atoms with Crippen LogP contribution in [0.2, 0.25) is 0 Å². The van der Waals surface area contributed by atoms with E-state index in [2.05, 4.69) is 30.1 Å². The van der Waals surface area contributed by atoms with E-state index in [1.165, 1.54) is 18.5 Å². The van der Waals surface area contributed by atoms with Crippen LogP contribution in [0.1, 0.15) is 37.1 Å². The Hall–Kier alpha value is -2.25. The van der Waals surface area contributed by atoms with Crippen LogP contribution < -0.4 is 5.32 Å². The normalized spacial score (nSPS) is 22.2. The van der Waals surface area contributed by atoms with Gasteiger partial charge in [-0.05, 0) is 44.4 Å². The van der Waals surface area contributed by atoms with E-state index in [0.717, 1.165) is 51.3 Å². The number of carbonyl (C=O) groups excluding carboxylic acids is 1. The van der Waals surface area contributed by atoms with Gasteiger partial charge in [-0.3, -0.25) is 19.6 Å². The van der Waals surface area contributed by atoms with Crippen LogP contribution in [0.3, 0.4) is 0 Å². The number of amides is 1. The largest absolute Gasteiger partial charge is 0.350 e. The fourth-order valence-corrected chi connectivity index (χ4v) is 4.43. The highest BCUT2D eigenvalue weighted by molar-refractivity contribution is 5.78. The fourth-order valence-electron chi connectivity index (χ4n) is 4.43. The summed E-state index contributed by atoms with van der Waals surface area (Å²) in [6.07, 6.45) is 9.87. The minimum absolute atomic E-state index is 0.0977. The van der Waals surface area contributed by atoms with E-state index in [0.29, 0.717) is 12.6 Å². The Balaban J connectivity index is 1.23. The van der Waals surface area contributed by atoms with Crippen LogP contribution in [0.15, 0.2) is 36.9 Å². The predicted molar refractivity (Wildman–Crippen MR) is 107 cm³/mol. The van der Waals surface area contributed by atoms with Crippen LogP contribution >= 0.6 is 0 Å². The number of hydrogen-bond acceptors (Lipinski definition) is 5. The molecule has 1 amide bonds. The van der Waals surface area contributed by atoms with Crippen molar-refractivity contribution < 1.29 is 4.79 Å². The van der Waals surface area contributed by atoms with Crippen molar-refractivity contribution >= 4 is 5.91 Å². The van der Waals surface area contributed by atoms with Gasteiger partial charge < -0.3 is 10.3 Å². The minimum atomic E-state index is 0.0977. The molecular weight excluding hydrogens is 352 g/mol. The molecule has 28 heavy (non-hydrogen) atoms. The molecule has 0 bridgehead atoms. The summed E-state index contributed by atoms with van der Waals surface area (Å²) in [5, 5.41) is 3.08. The summed E-state index contributed by atoms with van der Waals surface area (Å²) in [4.78, 5) is 29.3. The lowest BCUT2D eigenvalue weighted by Crippen LogP contribution is -2.50. The topological polar surface area (TPSA) is 77.2 Å². The van der Waals surface area contributed by atoms with Gasteiger partial charge in [-0.2, -0.15) is 0 Å². The Kier molecular flexibility index (Phi) is 6.34. The van der Waals surface area contributed by atoms with Crippen LogP contribution in [0.25, 0.3) is 0 Å². The predicted octanol–water partition coefficient (Wildman–Crippen LogP) is 1.80. The molecule has 0 radical (unpaired) electrons. The lowest BCUT2D eigenvalue weighted by atomic mass is 9.93. The van der Waals surface area contributed by atoms with Crippen molar-refractivity contribution in [2.24, 2.45) is 5.92 Å². The second-order valence-electron chi connectivity index (χ2n) is 7.96. The maximum absolute atomic E-state index is 12.6. The average Bonchev–Trinajstić information content (AvgIpc) is 3.26. The molecule has 1 atom stereocenters. The van der Waals surface area contributed by atoms with Gasteiger partial charge in [-0.15, -0.1) is 0 Å². The van der Waals surface area contributed by atoms with Gasteiger partial charge in [-0.1, -0.05) is 6.07 Å². The van der Waals surface area contributed by atoms with Crippen LogP contribution in [0, 0.1) is 5.92 Å². The number of hydrogen-bond donors (Lipinski definition) is 2. The van der Waals surface area contributed by atoms with Gasteiger partial charge in [0, 0.05) is 50.3 Å². The molecule has 2 fully saturated rings. The lowest BCUT2D eigenvalue weighted by molar-refractivity contribution is -0.127. The van der Waals surface area contributed by atoms with E-state index < -0.39 is 0 Å². The van der Waals surface area contributed by atoms with Gasteiger partial charge in [0.05, 0.1) is 24.5 Å².